The summed E-state index contributed by atoms with van der Waals surface area (Å²) in [5.41, 5.74) is 9.71. The third-order valence-electron chi connectivity index (χ3n) is 4.50. The van der Waals surface area contributed by atoms with Crippen molar-refractivity contribution in [3.8, 4) is 16.9 Å². The maximum Gasteiger partial charge on any atom is 0.573 e. The Morgan fingerprint density at radius 1 is 1.27 bits per heavy atom. The molecule has 2 aliphatic rings. The van der Waals surface area contributed by atoms with Crippen LogP contribution in [0.15, 0.2) is 41.5 Å². The Morgan fingerprint density at radius 3 is 2.63 bits per heavy atom. The van der Waals surface area contributed by atoms with E-state index in [1.54, 1.807) is 10.9 Å². The van der Waals surface area contributed by atoms with Gasteiger partial charge in [-0.3, -0.25) is 15.4 Å². The fourth-order valence-electron chi connectivity index (χ4n) is 3.01. The Kier molecular flexibility index (Phi) is 4.64. The van der Waals surface area contributed by atoms with Gasteiger partial charge in [0.2, 0.25) is 0 Å². The Balaban J connectivity index is 1.78. The number of hydrogen-bond donors (Lipinski definition) is 3. The van der Waals surface area contributed by atoms with E-state index in [0.29, 0.717) is 5.56 Å². The number of rotatable bonds is 5. The summed E-state index contributed by atoms with van der Waals surface area (Å²) in [4.78, 5) is 7.72. The Morgan fingerprint density at radius 2 is 2.00 bits per heavy atom. The molecular weight excluding hydrogens is 413 g/mol. The number of amidine groups is 1. The number of nitrogens with two attached hydrogens (primary N) is 2. The van der Waals surface area contributed by atoms with E-state index in [4.69, 9.17) is 11.5 Å². The second kappa shape index (κ2) is 6.93. The van der Waals surface area contributed by atoms with Crippen molar-refractivity contribution >= 4 is 5.84 Å². The molecule has 1 atom stereocenters. The molecule has 0 radical (unpaired) electrons. The molecule has 30 heavy (non-hydrogen) atoms. The average Bonchev–Trinajstić information content (AvgIpc) is 3.37. The Labute approximate surface area is 166 Å². The molecule has 1 fully saturated rings. The molecule has 160 valence electrons. The van der Waals surface area contributed by atoms with Crippen LogP contribution < -0.4 is 21.5 Å². The number of alkyl halides is 5. The first kappa shape index (κ1) is 20.1. The summed E-state index contributed by atoms with van der Waals surface area (Å²) >= 11 is 0. The molecule has 0 bridgehead atoms. The monoisotopic (exact) mass is 429 g/mol. The number of aliphatic imine (C=N–C) groups is 1. The van der Waals surface area contributed by atoms with Gasteiger partial charge < -0.3 is 15.8 Å². The Hall–Kier alpha value is -3.22. The van der Waals surface area contributed by atoms with Gasteiger partial charge in [0.1, 0.15) is 11.6 Å². The topological polar surface area (TPSA) is 116 Å². The molecular formula is C17H16F5N7O. The zero-order valence-electron chi connectivity index (χ0n) is 15.2. The van der Waals surface area contributed by atoms with Crippen molar-refractivity contribution in [3.63, 3.8) is 0 Å². The van der Waals surface area contributed by atoms with Crippen LogP contribution in [0.1, 0.15) is 24.6 Å². The van der Waals surface area contributed by atoms with E-state index < -0.39 is 30.0 Å². The largest absolute Gasteiger partial charge is 0.573 e. The van der Waals surface area contributed by atoms with Gasteiger partial charge in [-0.15, -0.1) is 13.2 Å². The molecule has 1 saturated carbocycles. The van der Waals surface area contributed by atoms with Gasteiger partial charge in [-0.2, -0.15) is 5.10 Å². The lowest BCUT2D eigenvalue weighted by atomic mass is 10.0. The summed E-state index contributed by atoms with van der Waals surface area (Å²) in [6.07, 6.45) is -1.01. The van der Waals surface area contributed by atoms with Crippen molar-refractivity contribution in [2.24, 2.45) is 16.5 Å². The lowest BCUT2D eigenvalue weighted by molar-refractivity contribution is -0.274. The van der Waals surface area contributed by atoms with E-state index in [0.717, 1.165) is 31.2 Å². The highest BCUT2D eigenvalue weighted by Gasteiger charge is 2.37. The lowest BCUT2D eigenvalue weighted by Crippen LogP contribution is -2.46. The minimum Gasteiger partial charge on any atom is -0.405 e. The highest BCUT2D eigenvalue weighted by atomic mass is 19.4. The van der Waals surface area contributed by atoms with E-state index in [2.05, 4.69) is 25.1 Å². The van der Waals surface area contributed by atoms with Crippen LogP contribution in [0, 0.1) is 0 Å². The van der Waals surface area contributed by atoms with Crippen LogP contribution in [0.5, 0.6) is 5.75 Å². The normalized spacial score (nSPS) is 21.8. The molecule has 8 nitrogen and oxygen atoms in total. The van der Waals surface area contributed by atoms with Crippen LogP contribution >= 0.6 is 0 Å². The molecule has 4 rings (SSSR count). The maximum atomic E-state index is 13.1. The number of aromatic nitrogens is 3. The molecule has 5 N–H and O–H groups in total. The van der Waals surface area contributed by atoms with Crippen molar-refractivity contribution in [3.05, 3.63) is 42.2 Å². The molecule has 13 heteroatoms. The summed E-state index contributed by atoms with van der Waals surface area (Å²) in [5.74, 6) is -1.68. The van der Waals surface area contributed by atoms with Crippen molar-refractivity contribution in [1.29, 1.82) is 0 Å². The van der Waals surface area contributed by atoms with Gasteiger partial charge in [-0.1, -0.05) is 0 Å². The van der Waals surface area contributed by atoms with Crippen LogP contribution in [0.4, 0.5) is 22.0 Å². The van der Waals surface area contributed by atoms with Gasteiger partial charge >= 0.3 is 6.36 Å². The van der Waals surface area contributed by atoms with Crippen LogP contribution in [0.25, 0.3) is 11.1 Å². The fraction of sp³-hybridized carbons (Fsp3) is 0.353. The Bertz CT molecular complexity index is 1030. The number of nitrogens with zero attached hydrogens (tertiary/aromatic N) is 4. The molecule has 3 heterocycles. The highest BCUT2D eigenvalue weighted by Crippen LogP contribution is 2.39. The van der Waals surface area contributed by atoms with Gasteiger partial charge in [0.25, 0.3) is 6.43 Å². The molecule has 1 aliphatic heterocycles. The van der Waals surface area contributed by atoms with E-state index >= 15 is 0 Å². The van der Waals surface area contributed by atoms with E-state index in [1.807, 2.05) is 0 Å². The van der Waals surface area contributed by atoms with Crippen LogP contribution in [0.3, 0.4) is 0 Å². The van der Waals surface area contributed by atoms with E-state index in [1.165, 1.54) is 6.20 Å². The fourth-order valence-corrected chi connectivity index (χ4v) is 3.01. The van der Waals surface area contributed by atoms with Gasteiger partial charge in [-0.05, 0) is 12.8 Å². The van der Waals surface area contributed by atoms with Crippen molar-refractivity contribution in [2.75, 3.05) is 0 Å². The molecule has 0 amide bonds. The molecule has 0 aromatic carbocycles. The van der Waals surface area contributed by atoms with Crippen molar-refractivity contribution in [1.82, 2.24) is 20.1 Å². The maximum absolute atomic E-state index is 13.1. The van der Waals surface area contributed by atoms with Gasteiger partial charge in [-0.25, -0.2) is 13.8 Å². The molecule has 0 saturated heterocycles. The third kappa shape index (κ3) is 4.06. The van der Waals surface area contributed by atoms with Gasteiger partial charge in [0.05, 0.1) is 17.9 Å². The molecule has 2 aromatic rings. The molecule has 2 aromatic heterocycles. The number of pyridine rings is 1. The summed E-state index contributed by atoms with van der Waals surface area (Å²) in [5, 5.41) is 6.30. The minimum absolute atomic E-state index is 0.00974. The van der Waals surface area contributed by atoms with Crippen LogP contribution in [0.2, 0.25) is 0 Å². The summed E-state index contributed by atoms with van der Waals surface area (Å²) in [6, 6.07) is 1.12. The number of hydrogen-bond acceptors (Lipinski definition) is 7. The summed E-state index contributed by atoms with van der Waals surface area (Å²) < 4.78 is 71.0. The first-order valence-electron chi connectivity index (χ1n) is 8.77. The van der Waals surface area contributed by atoms with Crippen LogP contribution in [-0.2, 0) is 5.66 Å². The lowest BCUT2D eigenvalue weighted by Gasteiger charge is -2.28. The predicted molar refractivity (Wildman–Crippen MR) is 95.1 cm³/mol. The predicted octanol–water partition coefficient (Wildman–Crippen LogP) is 2.36. The molecule has 1 unspecified atom stereocenters. The minimum atomic E-state index is -5.01. The standard InChI is InChI=1S/C17H16F5N7O/c18-14(19)15-27-13(23)4-16(24,28-15)12-3-11(30-17(20,21)22)10(6-25-12)8-5-26-29(7-8)9-1-2-9/h3-7,9,14H,1-2,23-24H2,(H,27,28). The second-order valence-electron chi connectivity index (χ2n) is 6.90. The quantitative estimate of drug-likeness (QED) is 0.629. The van der Waals surface area contributed by atoms with E-state index in [9.17, 15) is 22.0 Å². The number of nitrogens with one attached hydrogen (secondary N) is 1. The van der Waals surface area contributed by atoms with Crippen molar-refractivity contribution < 1.29 is 26.7 Å². The molecule has 1 aliphatic carbocycles. The number of halogens is 5. The first-order valence-corrected chi connectivity index (χ1v) is 8.77. The first-order chi connectivity index (χ1) is 14.0. The zero-order chi connectivity index (χ0) is 21.7. The molecule has 0 spiro atoms. The average molecular weight is 429 g/mol. The van der Waals surface area contributed by atoms with Crippen LogP contribution in [-0.4, -0.2) is 33.4 Å². The highest BCUT2D eigenvalue weighted by molar-refractivity contribution is 5.88. The summed E-state index contributed by atoms with van der Waals surface area (Å²) in [7, 11) is 0. The van der Waals surface area contributed by atoms with E-state index in [-0.39, 0.29) is 23.1 Å². The summed E-state index contributed by atoms with van der Waals surface area (Å²) in [6.45, 7) is 0. The van der Waals surface area contributed by atoms with Gasteiger partial charge in [0.15, 0.2) is 11.5 Å². The zero-order valence-corrected chi connectivity index (χ0v) is 15.2. The van der Waals surface area contributed by atoms with Gasteiger partial charge in [0, 0.05) is 35.7 Å². The second-order valence-corrected chi connectivity index (χ2v) is 6.90. The number of ether oxygens (including phenoxy) is 1. The SMILES string of the molecule is NC1=CC(N)(c2cc(OC(F)(F)F)c(-c3cnn(C4CC4)c3)cn2)N=C(C(F)F)N1. The third-order valence-corrected chi connectivity index (χ3v) is 4.50. The van der Waals surface area contributed by atoms with Crippen molar-refractivity contribution in [2.45, 2.75) is 37.3 Å². The smallest absolute Gasteiger partial charge is 0.405 e.